The second-order valence-electron chi connectivity index (χ2n) is 6.48. The molecular formula is C20H22O6. The van der Waals surface area contributed by atoms with E-state index in [-0.39, 0.29) is 13.2 Å². The van der Waals surface area contributed by atoms with Crippen LogP contribution < -0.4 is 0 Å². The highest BCUT2D eigenvalue weighted by Gasteiger charge is 2.42. The molecule has 6 heteroatoms. The third-order valence-electron chi connectivity index (χ3n) is 4.68. The Hall–Kier alpha value is -1.80. The van der Waals surface area contributed by atoms with E-state index in [1.54, 1.807) is 0 Å². The predicted octanol–water partition coefficient (Wildman–Crippen LogP) is 1.94. The molecule has 0 radical (unpaired) electrons. The summed E-state index contributed by atoms with van der Waals surface area (Å²) < 4.78 is 22.8. The Morgan fingerprint density at radius 1 is 0.654 bits per heavy atom. The Morgan fingerprint density at radius 2 is 1.04 bits per heavy atom. The van der Waals surface area contributed by atoms with E-state index in [2.05, 4.69) is 0 Å². The number of hydrogen-bond acceptors (Lipinski definition) is 6. The van der Waals surface area contributed by atoms with Gasteiger partial charge in [-0.25, -0.2) is 0 Å². The van der Waals surface area contributed by atoms with E-state index in [0.29, 0.717) is 0 Å². The lowest BCUT2D eigenvalue weighted by Crippen LogP contribution is -2.46. The van der Waals surface area contributed by atoms with Crippen LogP contribution in [0.2, 0.25) is 0 Å². The first-order valence-electron chi connectivity index (χ1n) is 8.72. The van der Waals surface area contributed by atoms with Crippen LogP contribution >= 0.6 is 0 Å². The summed E-state index contributed by atoms with van der Waals surface area (Å²) in [5.74, 6) is 0. The highest BCUT2D eigenvalue weighted by molar-refractivity contribution is 5.17. The van der Waals surface area contributed by atoms with Crippen LogP contribution in [0.3, 0.4) is 0 Å². The van der Waals surface area contributed by atoms with Crippen LogP contribution in [0.5, 0.6) is 0 Å². The topological polar surface area (TPSA) is 77.4 Å². The van der Waals surface area contributed by atoms with Gasteiger partial charge < -0.3 is 29.2 Å². The zero-order valence-corrected chi connectivity index (χ0v) is 14.2. The maximum atomic E-state index is 10.5. The Kier molecular flexibility index (Phi) is 5.31. The summed E-state index contributed by atoms with van der Waals surface area (Å²) in [6.45, 7) is 0.404. The molecule has 2 N–H and O–H groups in total. The Balaban J connectivity index is 1.34. The van der Waals surface area contributed by atoms with Crippen molar-refractivity contribution in [2.75, 3.05) is 13.2 Å². The molecule has 0 aromatic heterocycles. The third-order valence-corrected chi connectivity index (χ3v) is 4.68. The van der Waals surface area contributed by atoms with Crippen molar-refractivity contribution in [2.45, 2.75) is 37.0 Å². The first-order valence-corrected chi connectivity index (χ1v) is 8.72. The van der Waals surface area contributed by atoms with Crippen LogP contribution in [0.4, 0.5) is 0 Å². The van der Waals surface area contributed by atoms with Gasteiger partial charge >= 0.3 is 0 Å². The molecule has 2 aromatic carbocycles. The molecular weight excluding hydrogens is 336 g/mol. The molecule has 0 saturated carbocycles. The highest BCUT2D eigenvalue weighted by atomic mass is 16.7. The predicted molar refractivity (Wildman–Crippen MR) is 92.0 cm³/mol. The van der Waals surface area contributed by atoms with Crippen molar-refractivity contribution < 1.29 is 29.2 Å². The molecule has 2 saturated heterocycles. The van der Waals surface area contributed by atoms with Gasteiger partial charge in [0.1, 0.15) is 24.4 Å². The van der Waals surface area contributed by atoms with Gasteiger partial charge in [-0.05, 0) is 0 Å². The molecule has 0 spiro atoms. The minimum absolute atomic E-state index is 0.202. The molecule has 0 bridgehead atoms. The molecule has 0 amide bonds. The molecule has 2 aliphatic heterocycles. The van der Waals surface area contributed by atoms with Crippen molar-refractivity contribution in [2.24, 2.45) is 0 Å². The van der Waals surface area contributed by atoms with Gasteiger partial charge in [-0.3, -0.25) is 0 Å². The second-order valence-corrected chi connectivity index (χ2v) is 6.48. The summed E-state index contributed by atoms with van der Waals surface area (Å²) in [7, 11) is 0. The van der Waals surface area contributed by atoms with Crippen molar-refractivity contribution in [1.82, 2.24) is 0 Å². The van der Waals surface area contributed by atoms with E-state index in [4.69, 9.17) is 18.9 Å². The molecule has 6 atom stereocenters. The normalized spacial score (nSPS) is 31.0. The van der Waals surface area contributed by atoms with Crippen LogP contribution in [0, 0.1) is 0 Å². The number of benzene rings is 2. The SMILES string of the molecule is O[C@@H]([C@H](O)[C@H]1COC(c2ccccc2)O1)[C@@H]1COC(c2ccccc2)O1. The zero-order valence-electron chi connectivity index (χ0n) is 14.2. The third kappa shape index (κ3) is 3.66. The van der Waals surface area contributed by atoms with Gasteiger partial charge in [-0.2, -0.15) is 0 Å². The molecule has 4 rings (SSSR count). The fourth-order valence-electron chi connectivity index (χ4n) is 3.21. The van der Waals surface area contributed by atoms with E-state index in [1.165, 1.54) is 0 Å². The standard InChI is InChI=1S/C20H22O6/c21-17(15-11-23-19(25-15)13-7-3-1-4-8-13)18(22)16-12-24-20(26-16)14-9-5-2-6-10-14/h1-10,15-22H,11-12H2/t15-,16+,17-,18-,19?,20?/m1/s1. The lowest BCUT2D eigenvalue weighted by molar-refractivity contribution is -0.141. The summed E-state index contributed by atoms with van der Waals surface area (Å²) in [6.07, 6.45) is -4.61. The molecule has 138 valence electrons. The van der Waals surface area contributed by atoms with Crippen LogP contribution in [0.15, 0.2) is 60.7 Å². The second kappa shape index (κ2) is 7.84. The fourth-order valence-corrected chi connectivity index (χ4v) is 3.21. The summed E-state index contributed by atoms with van der Waals surface area (Å²) in [6, 6.07) is 19.0. The minimum Gasteiger partial charge on any atom is -0.387 e. The lowest BCUT2D eigenvalue weighted by atomic mass is 10.0. The van der Waals surface area contributed by atoms with Crippen molar-refractivity contribution in [3.8, 4) is 0 Å². The quantitative estimate of drug-likeness (QED) is 0.851. The molecule has 2 aromatic rings. The van der Waals surface area contributed by atoms with Crippen LogP contribution in [-0.2, 0) is 18.9 Å². The van der Waals surface area contributed by atoms with Crippen molar-refractivity contribution in [1.29, 1.82) is 0 Å². The Labute approximate surface area is 151 Å². The van der Waals surface area contributed by atoms with Crippen molar-refractivity contribution >= 4 is 0 Å². The first-order chi connectivity index (χ1) is 12.7. The smallest absolute Gasteiger partial charge is 0.184 e. The maximum absolute atomic E-state index is 10.5. The molecule has 6 nitrogen and oxygen atoms in total. The van der Waals surface area contributed by atoms with Gasteiger partial charge in [0.2, 0.25) is 0 Å². The van der Waals surface area contributed by atoms with Gasteiger partial charge in [-0.1, -0.05) is 60.7 Å². The average molecular weight is 358 g/mol. The van der Waals surface area contributed by atoms with Gasteiger partial charge in [-0.15, -0.1) is 0 Å². The average Bonchev–Trinajstić information content (AvgIpc) is 3.38. The van der Waals surface area contributed by atoms with E-state index in [0.717, 1.165) is 11.1 Å². The van der Waals surface area contributed by atoms with Crippen molar-refractivity contribution in [3.05, 3.63) is 71.8 Å². The van der Waals surface area contributed by atoms with E-state index >= 15 is 0 Å². The lowest BCUT2D eigenvalue weighted by Gasteiger charge is -2.25. The van der Waals surface area contributed by atoms with Gasteiger partial charge in [0, 0.05) is 11.1 Å². The minimum atomic E-state index is -1.13. The number of hydrogen-bond donors (Lipinski definition) is 2. The highest BCUT2D eigenvalue weighted by Crippen LogP contribution is 2.32. The van der Waals surface area contributed by atoms with Crippen LogP contribution in [0.25, 0.3) is 0 Å². The molecule has 2 heterocycles. The summed E-state index contributed by atoms with van der Waals surface area (Å²) >= 11 is 0. The Morgan fingerprint density at radius 3 is 1.42 bits per heavy atom. The van der Waals surface area contributed by atoms with Gasteiger partial charge in [0.25, 0.3) is 0 Å². The molecule has 2 unspecified atom stereocenters. The Bertz CT molecular complexity index is 632. The summed E-state index contributed by atoms with van der Waals surface area (Å²) in [5.41, 5.74) is 1.75. The zero-order chi connectivity index (χ0) is 17.9. The molecule has 26 heavy (non-hydrogen) atoms. The summed E-state index contributed by atoms with van der Waals surface area (Å²) in [4.78, 5) is 0. The first kappa shape index (κ1) is 17.6. The summed E-state index contributed by atoms with van der Waals surface area (Å²) in [5, 5.41) is 21.0. The maximum Gasteiger partial charge on any atom is 0.184 e. The molecule has 2 fully saturated rings. The van der Waals surface area contributed by atoms with Crippen LogP contribution in [0.1, 0.15) is 23.7 Å². The number of rotatable bonds is 5. The fraction of sp³-hybridized carbons (Fsp3) is 0.400. The van der Waals surface area contributed by atoms with Gasteiger partial charge in [0.05, 0.1) is 13.2 Å². The van der Waals surface area contributed by atoms with E-state index in [9.17, 15) is 10.2 Å². The largest absolute Gasteiger partial charge is 0.387 e. The molecule has 0 aliphatic carbocycles. The van der Waals surface area contributed by atoms with Crippen LogP contribution in [-0.4, -0.2) is 47.8 Å². The van der Waals surface area contributed by atoms with E-state index in [1.807, 2.05) is 60.7 Å². The number of aliphatic hydroxyl groups is 2. The van der Waals surface area contributed by atoms with Crippen molar-refractivity contribution in [3.63, 3.8) is 0 Å². The van der Waals surface area contributed by atoms with Gasteiger partial charge in [0.15, 0.2) is 12.6 Å². The number of ether oxygens (including phenoxy) is 4. The molecule has 2 aliphatic rings. The number of aliphatic hydroxyl groups excluding tert-OH is 2. The monoisotopic (exact) mass is 358 g/mol. The van der Waals surface area contributed by atoms with E-state index < -0.39 is 37.0 Å².